The Bertz CT molecular complexity index is 996. The number of methoxy groups -OCH3 is 1. The number of anilines is 1. The molecule has 160 valence electrons. The maximum Gasteiger partial charge on any atom is 0.325 e. The molecule has 1 atom stereocenters. The number of hydrogen-bond donors (Lipinski definition) is 1. The van der Waals surface area contributed by atoms with Crippen molar-refractivity contribution in [3.05, 3.63) is 78.9 Å². The largest absolute Gasteiger partial charge is 0.491 e. The van der Waals surface area contributed by atoms with Crippen LogP contribution in [0.1, 0.15) is 6.92 Å². The Balaban J connectivity index is 1.85. The van der Waals surface area contributed by atoms with Gasteiger partial charge in [0.15, 0.2) is 11.4 Å². The minimum atomic E-state index is -0.357. The van der Waals surface area contributed by atoms with Crippen LogP contribution in [0, 0.1) is 0 Å². The first kappa shape index (κ1) is 21.8. The normalized spacial score (nSPS) is 11.3. The molecule has 0 fully saturated rings. The van der Waals surface area contributed by atoms with E-state index in [1.54, 1.807) is 12.1 Å². The molecule has 7 heteroatoms. The standard InChI is InChI=1S/C24H25N3O4/c1-18(17-30-20-9-5-3-6-10-20)27(16-24(28)29-2)19-13-14-22(26-25)23(15-19)31-21-11-7-4-8-12-21/h3-15,18,25H,16-17H2,1-2H3/p+1. The number of carbonyl (C=O) groups excluding carboxylic acids is 1. The number of benzene rings is 3. The van der Waals surface area contributed by atoms with Gasteiger partial charge >= 0.3 is 5.97 Å². The van der Waals surface area contributed by atoms with Crippen molar-refractivity contribution in [3.63, 3.8) is 0 Å². The molecule has 0 aliphatic carbocycles. The molecule has 31 heavy (non-hydrogen) atoms. The highest BCUT2D eigenvalue weighted by Gasteiger charge is 2.21. The van der Waals surface area contributed by atoms with E-state index in [-0.39, 0.29) is 18.6 Å². The summed E-state index contributed by atoms with van der Waals surface area (Å²) in [6, 6.07) is 24.1. The smallest absolute Gasteiger partial charge is 0.325 e. The topological polar surface area (TPSA) is 86.0 Å². The number of nitrogens with zero attached hydrogens (tertiary/aromatic N) is 2. The summed E-state index contributed by atoms with van der Waals surface area (Å²) >= 11 is 0. The molecule has 0 saturated heterocycles. The number of nitrogens with two attached hydrogens (primary N) is 1. The molecular formula is C24H26N3O4+. The highest BCUT2D eigenvalue weighted by molar-refractivity contribution is 5.76. The lowest BCUT2D eigenvalue weighted by Crippen LogP contribution is -2.41. The first-order valence-electron chi connectivity index (χ1n) is 9.90. The van der Waals surface area contributed by atoms with Crippen molar-refractivity contribution >= 4 is 17.3 Å². The van der Waals surface area contributed by atoms with Crippen LogP contribution in [0.5, 0.6) is 17.2 Å². The van der Waals surface area contributed by atoms with Crippen LogP contribution in [0.25, 0.3) is 0 Å². The Hall–Kier alpha value is -3.87. The van der Waals surface area contributed by atoms with E-state index in [0.29, 0.717) is 23.8 Å². The molecule has 0 aromatic heterocycles. The summed E-state index contributed by atoms with van der Waals surface area (Å²) in [6.45, 7) is 2.41. The van der Waals surface area contributed by atoms with Gasteiger partial charge in [0.1, 0.15) is 24.7 Å². The highest BCUT2D eigenvalue weighted by Crippen LogP contribution is 2.35. The van der Waals surface area contributed by atoms with Crippen molar-refractivity contribution in [1.29, 1.82) is 0 Å². The maximum absolute atomic E-state index is 12.1. The van der Waals surface area contributed by atoms with Crippen molar-refractivity contribution in [2.45, 2.75) is 13.0 Å². The molecule has 0 amide bonds. The molecule has 0 spiro atoms. The minimum absolute atomic E-state index is 0.0553. The van der Waals surface area contributed by atoms with E-state index >= 15 is 0 Å². The lowest BCUT2D eigenvalue weighted by atomic mass is 10.2. The molecule has 0 aliphatic rings. The quantitative estimate of drug-likeness (QED) is 0.399. The number of rotatable bonds is 10. The fourth-order valence-electron chi connectivity index (χ4n) is 3.01. The molecule has 0 radical (unpaired) electrons. The fraction of sp³-hybridized carbons (Fsp3) is 0.208. The Morgan fingerprint density at radius 3 is 2.26 bits per heavy atom. The van der Waals surface area contributed by atoms with E-state index in [1.807, 2.05) is 78.6 Å². The SMILES string of the molecule is COC(=O)CN(c1ccc(N=[NH2+])c(Oc2ccccc2)c1)C(C)COc1ccccc1. The van der Waals surface area contributed by atoms with Crippen LogP contribution >= 0.6 is 0 Å². The number of hydrogen-bond acceptors (Lipinski definition) is 6. The van der Waals surface area contributed by atoms with Crippen molar-refractivity contribution in [3.8, 4) is 17.2 Å². The molecular weight excluding hydrogens is 394 g/mol. The van der Waals surface area contributed by atoms with Crippen molar-refractivity contribution in [2.24, 2.45) is 5.11 Å². The van der Waals surface area contributed by atoms with Crippen LogP contribution in [0.4, 0.5) is 11.4 Å². The van der Waals surface area contributed by atoms with E-state index in [1.165, 1.54) is 7.11 Å². The van der Waals surface area contributed by atoms with E-state index in [9.17, 15) is 4.79 Å². The summed E-state index contributed by atoms with van der Waals surface area (Å²) in [5.41, 5.74) is 6.80. The molecule has 2 N–H and O–H groups in total. The van der Waals surface area contributed by atoms with Crippen molar-refractivity contribution < 1.29 is 24.5 Å². The summed E-state index contributed by atoms with van der Waals surface area (Å²) < 4.78 is 16.8. The number of para-hydroxylation sites is 2. The van der Waals surface area contributed by atoms with Gasteiger partial charge in [0, 0.05) is 11.8 Å². The zero-order chi connectivity index (χ0) is 22.1. The molecule has 3 aromatic rings. The first-order chi connectivity index (χ1) is 15.1. The molecule has 3 rings (SSSR count). The molecule has 1 unspecified atom stereocenters. The van der Waals surface area contributed by atoms with Crippen LogP contribution in [0.3, 0.4) is 0 Å². The molecule has 3 aromatic carbocycles. The number of ether oxygens (including phenoxy) is 3. The Kier molecular flexibility index (Phi) is 7.59. The predicted molar refractivity (Wildman–Crippen MR) is 118 cm³/mol. The average molecular weight is 420 g/mol. The van der Waals surface area contributed by atoms with Crippen LogP contribution in [-0.4, -0.2) is 32.3 Å². The van der Waals surface area contributed by atoms with Gasteiger partial charge in [-0.1, -0.05) is 36.4 Å². The molecule has 0 saturated carbocycles. The summed E-state index contributed by atoms with van der Waals surface area (Å²) in [6.07, 6.45) is 0. The second kappa shape index (κ2) is 10.8. The third-order valence-electron chi connectivity index (χ3n) is 4.68. The van der Waals surface area contributed by atoms with Crippen LogP contribution in [0.15, 0.2) is 84.0 Å². The Morgan fingerprint density at radius 2 is 1.65 bits per heavy atom. The lowest BCUT2D eigenvalue weighted by molar-refractivity contribution is -0.210. The summed E-state index contributed by atoms with van der Waals surface area (Å²) in [5, 5.41) is 3.81. The van der Waals surface area contributed by atoms with E-state index < -0.39 is 0 Å². The van der Waals surface area contributed by atoms with Gasteiger partial charge in [-0.3, -0.25) is 4.79 Å². The number of carbonyl (C=O) groups is 1. The van der Waals surface area contributed by atoms with Crippen molar-refractivity contribution in [1.82, 2.24) is 0 Å². The van der Waals surface area contributed by atoms with Crippen LogP contribution in [0.2, 0.25) is 0 Å². The molecule has 0 aliphatic heterocycles. The van der Waals surface area contributed by atoms with Crippen molar-refractivity contribution in [2.75, 3.05) is 25.2 Å². The average Bonchev–Trinajstić information content (AvgIpc) is 2.82. The zero-order valence-corrected chi connectivity index (χ0v) is 17.6. The van der Waals surface area contributed by atoms with E-state index in [4.69, 9.17) is 19.7 Å². The monoisotopic (exact) mass is 420 g/mol. The Labute approximate surface area is 181 Å². The Morgan fingerprint density at radius 1 is 1.00 bits per heavy atom. The summed E-state index contributed by atoms with van der Waals surface area (Å²) in [4.78, 5) is 14.0. The van der Waals surface area contributed by atoms with E-state index in [2.05, 4.69) is 5.11 Å². The second-order valence-corrected chi connectivity index (χ2v) is 6.87. The lowest BCUT2D eigenvalue weighted by Gasteiger charge is -2.30. The third-order valence-corrected chi connectivity index (χ3v) is 4.68. The van der Waals surface area contributed by atoms with Crippen LogP contribution < -0.4 is 19.9 Å². The van der Waals surface area contributed by atoms with E-state index in [0.717, 1.165) is 11.4 Å². The van der Waals surface area contributed by atoms with Gasteiger partial charge in [0.05, 0.1) is 13.2 Å². The predicted octanol–water partition coefficient (Wildman–Crippen LogP) is 3.77. The van der Waals surface area contributed by atoms with Gasteiger partial charge in [0.25, 0.3) is 0 Å². The number of esters is 1. The van der Waals surface area contributed by atoms with Gasteiger partial charge in [-0.05, 0) is 48.4 Å². The second-order valence-electron chi connectivity index (χ2n) is 6.87. The summed E-state index contributed by atoms with van der Waals surface area (Å²) in [7, 11) is 1.37. The molecule has 0 heterocycles. The maximum atomic E-state index is 12.1. The fourth-order valence-corrected chi connectivity index (χ4v) is 3.01. The highest BCUT2D eigenvalue weighted by atomic mass is 16.5. The van der Waals surface area contributed by atoms with Gasteiger partial charge < -0.3 is 19.1 Å². The molecule has 0 bridgehead atoms. The van der Waals surface area contributed by atoms with Gasteiger partial charge in [-0.15, -0.1) is 0 Å². The molecule has 7 nitrogen and oxygen atoms in total. The third kappa shape index (κ3) is 6.05. The van der Waals surface area contributed by atoms with Gasteiger partial charge in [-0.25, -0.2) is 0 Å². The first-order valence-corrected chi connectivity index (χ1v) is 9.90. The summed E-state index contributed by atoms with van der Waals surface area (Å²) in [5.74, 6) is 1.55. The van der Waals surface area contributed by atoms with Gasteiger partial charge in [-0.2, -0.15) is 5.53 Å². The minimum Gasteiger partial charge on any atom is -0.491 e. The zero-order valence-electron chi connectivity index (χ0n) is 17.6. The van der Waals surface area contributed by atoms with Gasteiger partial charge in [0.2, 0.25) is 0 Å². The van der Waals surface area contributed by atoms with Crippen LogP contribution in [-0.2, 0) is 9.53 Å².